The average Bonchev–Trinajstić information content (AvgIpc) is 2.91. The maximum absolute atomic E-state index is 12.7. The molecule has 2 N–H and O–H groups in total. The fraction of sp³-hybridized carbons (Fsp3) is 0.167. The number of rotatable bonds is 4. The summed E-state index contributed by atoms with van der Waals surface area (Å²) in [5.74, 6) is 1.24. The van der Waals surface area contributed by atoms with Crippen LogP contribution < -0.4 is 14.8 Å². The van der Waals surface area contributed by atoms with E-state index in [2.05, 4.69) is 10.3 Å². The fourth-order valence-corrected chi connectivity index (χ4v) is 2.67. The maximum atomic E-state index is 12.7. The average molecular weight is 310 g/mol. The standard InChI is InChI=1S/C18H18N2O3/c1-11-16(17-14(19-11)5-4-6-15(17)23-3)18(21)20-12-7-9-13(22-2)10-8-12/h4-10,19H,1-3H3,(H,20,21). The Morgan fingerprint density at radius 3 is 2.43 bits per heavy atom. The van der Waals surface area contributed by atoms with Gasteiger partial charge in [-0.1, -0.05) is 6.07 Å². The molecule has 1 aromatic heterocycles. The van der Waals surface area contributed by atoms with Crippen molar-refractivity contribution in [3.05, 3.63) is 53.7 Å². The molecule has 3 aromatic rings. The van der Waals surface area contributed by atoms with Crippen LogP contribution in [-0.2, 0) is 0 Å². The number of H-pyrrole nitrogens is 1. The molecule has 1 heterocycles. The lowest BCUT2D eigenvalue weighted by atomic mass is 10.1. The molecule has 1 amide bonds. The molecular formula is C18H18N2O3. The number of benzene rings is 2. The van der Waals surface area contributed by atoms with Crippen LogP contribution in [0.5, 0.6) is 11.5 Å². The molecule has 5 nitrogen and oxygen atoms in total. The van der Waals surface area contributed by atoms with Gasteiger partial charge in [0.1, 0.15) is 11.5 Å². The predicted octanol–water partition coefficient (Wildman–Crippen LogP) is 3.75. The van der Waals surface area contributed by atoms with E-state index in [0.717, 1.165) is 22.3 Å². The molecule has 0 saturated carbocycles. The van der Waals surface area contributed by atoms with Gasteiger partial charge in [-0.3, -0.25) is 4.79 Å². The highest BCUT2D eigenvalue weighted by Gasteiger charge is 2.19. The number of hydrogen-bond donors (Lipinski definition) is 2. The minimum absolute atomic E-state index is 0.177. The third kappa shape index (κ3) is 2.73. The number of amides is 1. The Kier molecular flexibility index (Phi) is 3.93. The Bertz CT molecular complexity index is 851. The van der Waals surface area contributed by atoms with Gasteiger partial charge in [-0.05, 0) is 43.3 Å². The second kappa shape index (κ2) is 6.04. The zero-order chi connectivity index (χ0) is 16.4. The zero-order valence-electron chi connectivity index (χ0n) is 13.3. The van der Waals surface area contributed by atoms with Crippen molar-refractivity contribution in [2.24, 2.45) is 0 Å². The molecule has 0 aliphatic carbocycles. The first-order valence-corrected chi connectivity index (χ1v) is 7.24. The lowest BCUT2D eigenvalue weighted by Gasteiger charge is -2.08. The van der Waals surface area contributed by atoms with Crippen molar-refractivity contribution >= 4 is 22.5 Å². The number of hydrogen-bond acceptors (Lipinski definition) is 3. The van der Waals surface area contributed by atoms with Gasteiger partial charge in [-0.2, -0.15) is 0 Å². The van der Waals surface area contributed by atoms with E-state index in [9.17, 15) is 4.79 Å². The number of nitrogens with one attached hydrogen (secondary N) is 2. The van der Waals surface area contributed by atoms with E-state index in [1.54, 1.807) is 38.5 Å². The van der Waals surface area contributed by atoms with Gasteiger partial charge >= 0.3 is 0 Å². The largest absolute Gasteiger partial charge is 0.497 e. The molecule has 0 bridgehead atoms. The lowest BCUT2D eigenvalue weighted by Crippen LogP contribution is -2.12. The highest BCUT2D eigenvalue weighted by Crippen LogP contribution is 2.31. The Labute approximate surface area is 134 Å². The van der Waals surface area contributed by atoms with E-state index < -0.39 is 0 Å². The number of carbonyl (C=O) groups excluding carboxylic acids is 1. The molecule has 0 aliphatic heterocycles. The summed E-state index contributed by atoms with van der Waals surface area (Å²) in [5, 5.41) is 3.70. The zero-order valence-corrected chi connectivity index (χ0v) is 13.3. The SMILES string of the molecule is COc1ccc(NC(=O)c2c(C)[nH]c3cccc(OC)c23)cc1. The van der Waals surface area contributed by atoms with Crippen LogP contribution in [-0.4, -0.2) is 25.1 Å². The highest BCUT2D eigenvalue weighted by molar-refractivity contribution is 6.15. The van der Waals surface area contributed by atoms with E-state index in [0.29, 0.717) is 17.0 Å². The number of ether oxygens (including phenoxy) is 2. The molecule has 0 fully saturated rings. The molecule has 118 valence electrons. The first kappa shape index (κ1) is 15.0. The van der Waals surface area contributed by atoms with Crippen molar-refractivity contribution < 1.29 is 14.3 Å². The van der Waals surface area contributed by atoms with E-state index in [1.165, 1.54) is 0 Å². The van der Waals surface area contributed by atoms with Crippen LogP contribution in [0.2, 0.25) is 0 Å². The first-order valence-electron chi connectivity index (χ1n) is 7.24. The van der Waals surface area contributed by atoms with Crippen LogP contribution in [0, 0.1) is 6.92 Å². The van der Waals surface area contributed by atoms with Crippen LogP contribution in [0.1, 0.15) is 16.1 Å². The Morgan fingerprint density at radius 2 is 1.78 bits per heavy atom. The number of methoxy groups -OCH3 is 2. The highest BCUT2D eigenvalue weighted by atomic mass is 16.5. The second-order valence-electron chi connectivity index (χ2n) is 5.19. The topological polar surface area (TPSA) is 63.3 Å². The number of fused-ring (bicyclic) bond motifs is 1. The summed E-state index contributed by atoms with van der Waals surface area (Å²) in [6.45, 7) is 1.88. The van der Waals surface area contributed by atoms with Gasteiger partial charge in [0.05, 0.1) is 30.7 Å². The van der Waals surface area contributed by atoms with Gasteiger partial charge in [0, 0.05) is 11.4 Å². The number of aryl methyl sites for hydroxylation is 1. The lowest BCUT2D eigenvalue weighted by molar-refractivity contribution is 0.102. The number of aromatic nitrogens is 1. The Morgan fingerprint density at radius 1 is 1.04 bits per heavy atom. The van der Waals surface area contributed by atoms with Crippen molar-refractivity contribution in [2.45, 2.75) is 6.92 Å². The molecule has 3 rings (SSSR count). The van der Waals surface area contributed by atoms with Crippen molar-refractivity contribution in [3.63, 3.8) is 0 Å². The molecule has 2 aromatic carbocycles. The normalized spacial score (nSPS) is 10.6. The smallest absolute Gasteiger partial charge is 0.258 e. The first-order chi connectivity index (χ1) is 11.1. The third-order valence-electron chi connectivity index (χ3n) is 3.77. The third-order valence-corrected chi connectivity index (χ3v) is 3.77. The summed E-state index contributed by atoms with van der Waals surface area (Å²) in [6, 6.07) is 12.9. The van der Waals surface area contributed by atoms with Gasteiger partial charge < -0.3 is 19.8 Å². The summed E-state index contributed by atoms with van der Waals surface area (Å²) in [5.41, 5.74) is 2.98. The second-order valence-corrected chi connectivity index (χ2v) is 5.19. The molecule has 0 radical (unpaired) electrons. The summed E-state index contributed by atoms with van der Waals surface area (Å²) >= 11 is 0. The Hall–Kier alpha value is -2.95. The molecular weight excluding hydrogens is 292 g/mol. The molecule has 5 heteroatoms. The van der Waals surface area contributed by atoms with Crippen LogP contribution in [0.25, 0.3) is 10.9 Å². The maximum Gasteiger partial charge on any atom is 0.258 e. The summed E-state index contributed by atoms with van der Waals surface area (Å²) in [6.07, 6.45) is 0. The summed E-state index contributed by atoms with van der Waals surface area (Å²) in [4.78, 5) is 15.9. The van der Waals surface area contributed by atoms with Crippen LogP contribution in [0.3, 0.4) is 0 Å². The molecule has 0 aliphatic rings. The quantitative estimate of drug-likeness (QED) is 0.771. The van der Waals surface area contributed by atoms with Gasteiger partial charge in [0.2, 0.25) is 0 Å². The van der Waals surface area contributed by atoms with Gasteiger partial charge in [-0.15, -0.1) is 0 Å². The minimum Gasteiger partial charge on any atom is -0.497 e. The predicted molar refractivity (Wildman–Crippen MR) is 90.5 cm³/mol. The monoisotopic (exact) mass is 310 g/mol. The molecule has 0 saturated heterocycles. The number of anilines is 1. The van der Waals surface area contributed by atoms with Crippen LogP contribution in [0.15, 0.2) is 42.5 Å². The molecule has 0 spiro atoms. The van der Waals surface area contributed by atoms with Gasteiger partial charge in [0.25, 0.3) is 5.91 Å². The van der Waals surface area contributed by atoms with Crippen molar-refractivity contribution in [3.8, 4) is 11.5 Å². The van der Waals surface area contributed by atoms with Crippen molar-refractivity contribution in [1.82, 2.24) is 4.98 Å². The van der Waals surface area contributed by atoms with Crippen molar-refractivity contribution in [2.75, 3.05) is 19.5 Å². The minimum atomic E-state index is -0.177. The Balaban J connectivity index is 1.98. The van der Waals surface area contributed by atoms with E-state index >= 15 is 0 Å². The van der Waals surface area contributed by atoms with Crippen LogP contribution in [0.4, 0.5) is 5.69 Å². The van der Waals surface area contributed by atoms with Gasteiger partial charge in [-0.25, -0.2) is 0 Å². The molecule has 0 unspecified atom stereocenters. The van der Waals surface area contributed by atoms with E-state index in [-0.39, 0.29) is 5.91 Å². The van der Waals surface area contributed by atoms with Crippen molar-refractivity contribution in [1.29, 1.82) is 0 Å². The molecule has 23 heavy (non-hydrogen) atoms. The van der Waals surface area contributed by atoms with Gasteiger partial charge in [0.15, 0.2) is 0 Å². The van der Waals surface area contributed by atoms with Crippen LogP contribution >= 0.6 is 0 Å². The fourth-order valence-electron chi connectivity index (χ4n) is 2.67. The number of aromatic amines is 1. The van der Waals surface area contributed by atoms with E-state index in [1.807, 2.05) is 25.1 Å². The van der Waals surface area contributed by atoms with E-state index in [4.69, 9.17) is 9.47 Å². The summed E-state index contributed by atoms with van der Waals surface area (Å²) in [7, 11) is 3.21. The summed E-state index contributed by atoms with van der Waals surface area (Å²) < 4.78 is 10.5. The number of carbonyl (C=O) groups is 1. The molecule has 0 atom stereocenters.